The molecule has 2 unspecified atom stereocenters. The maximum atomic E-state index is 13.1. The maximum absolute atomic E-state index is 13.1. The number of ether oxygens (including phenoxy) is 4. The predicted octanol–water partition coefficient (Wildman–Crippen LogP) is 23.6. The van der Waals surface area contributed by atoms with Crippen molar-refractivity contribution in [1.29, 1.82) is 0 Å². The minimum Gasteiger partial charge on any atom is -0.462 e. The van der Waals surface area contributed by atoms with Crippen molar-refractivity contribution in [3.05, 3.63) is 0 Å². The van der Waals surface area contributed by atoms with Crippen molar-refractivity contribution in [2.45, 2.75) is 438 Å². The van der Waals surface area contributed by atoms with E-state index in [4.69, 9.17) is 37.0 Å². The van der Waals surface area contributed by atoms with Crippen LogP contribution in [0.1, 0.15) is 420 Å². The number of rotatable bonds is 79. The first-order valence-electron chi connectivity index (χ1n) is 41.1. The molecule has 3 N–H and O–H groups in total. The molecule has 0 fully saturated rings. The summed E-state index contributed by atoms with van der Waals surface area (Å²) in [5.41, 5.74) is 0. The monoisotopic (exact) mass is 1440 g/mol. The highest BCUT2D eigenvalue weighted by Gasteiger charge is 2.30. The Balaban J connectivity index is 5.18. The second-order valence-electron chi connectivity index (χ2n) is 28.9. The van der Waals surface area contributed by atoms with Gasteiger partial charge in [0.25, 0.3) is 0 Å². The van der Waals surface area contributed by atoms with Crippen molar-refractivity contribution in [3.63, 3.8) is 0 Å². The van der Waals surface area contributed by atoms with Gasteiger partial charge in [-0.3, -0.25) is 37.3 Å². The number of aliphatic hydroxyl groups excluding tert-OH is 1. The number of carbonyl (C=O) groups excluding carboxylic acids is 4. The quantitative estimate of drug-likeness (QED) is 0.0222. The average molecular weight is 1440 g/mol. The van der Waals surface area contributed by atoms with Crippen LogP contribution in [0.15, 0.2) is 0 Å². The van der Waals surface area contributed by atoms with E-state index < -0.39 is 97.5 Å². The van der Waals surface area contributed by atoms with Crippen molar-refractivity contribution in [2.24, 2.45) is 5.92 Å². The van der Waals surface area contributed by atoms with Gasteiger partial charge in [-0.1, -0.05) is 369 Å². The molecule has 0 saturated carbocycles. The molecule has 0 aliphatic carbocycles. The highest BCUT2D eigenvalue weighted by molar-refractivity contribution is 7.47. The third-order valence-electron chi connectivity index (χ3n) is 18.5. The van der Waals surface area contributed by atoms with Crippen LogP contribution in [0.5, 0.6) is 0 Å². The van der Waals surface area contributed by atoms with Gasteiger partial charge in [0, 0.05) is 25.7 Å². The third kappa shape index (κ3) is 72.4. The molecule has 0 heterocycles. The van der Waals surface area contributed by atoms with Crippen LogP contribution in [-0.4, -0.2) is 96.7 Å². The Hall–Kier alpha value is -1.94. The Morgan fingerprint density at radius 3 is 0.694 bits per heavy atom. The van der Waals surface area contributed by atoms with Gasteiger partial charge in [0.2, 0.25) is 0 Å². The van der Waals surface area contributed by atoms with Gasteiger partial charge in [0.05, 0.1) is 26.4 Å². The van der Waals surface area contributed by atoms with Gasteiger partial charge in [0.15, 0.2) is 12.2 Å². The molecule has 0 saturated heterocycles. The number of aliphatic hydroxyl groups is 1. The molecule has 0 aliphatic heterocycles. The van der Waals surface area contributed by atoms with Crippen molar-refractivity contribution < 1.29 is 80.2 Å². The number of carbonyl (C=O) groups is 4. The van der Waals surface area contributed by atoms with Crippen LogP contribution in [0.4, 0.5) is 0 Å². The fourth-order valence-corrected chi connectivity index (χ4v) is 13.8. The summed E-state index contributed by atoms with van der Waals surface area (Å²) in [7, 11) is -9.91. The summed E-state index contributed by atoms with van der Waals surface area (Å²) in [6.07, 6.45) is 62.5. The fourth-order valence-electron chi connectivity index (χ4n) is 12.2. The van der Waals surface area contributed by atoms with Crippen LogP contribution in [0.2, 0.25) is 0 Å². The topological polar surface area (TPSA) is 237 Å². The normalized spacial score (nSPS) is 13.9. The van der Waals surface area contributed by atoms with Gasteiger partial charge in [-0.05, 0) is 31.6 Å². The van der Waals surface area contributed by atoms with Gasteiger partial charge >= 0.3 is 39.5 Å². The zero-order chi connectivity index (χ0) is 71.9. The predicted molar refractivity (Wildman–Crippen MR) is 400 cm³/mol. The Bertz CT molecular complexity index is 1870. The molecule has 0 radical (unpaired) electrons. The van der Waals surface area contributed by atoms with Crippen LogP contribution in [0.25, 0.3) is 0 Å². The largest absolute Gasteiger partial charge is 0.472 e. The highest BCUT2D eigenvalue weighted by Crippen LogP contribution is 2.45. The van der Waals surface area contributed by atoms with E-state index in [9.17, 15) is 43.2 Å². The molecule has 98 heavy (non-hydrogen) atoms. The first-order chi connectivity index (χ1) is 47.5. The van der Waals surface area contributed by atoms with Gasteiger partial charge in [-0.2, -0.15) is 0 Å². The molecule has 582 valence electrons. The zero-order valence-electron chi connectivity index (χ0n) is 63.9. The lowest BCUT2D eigenvalue weighted by Crippen LogP contribution is -2.30. The molecular formula is C79H154O17P2. The van der Waals surface area contributed by atoms with Crippen LogP contribution < -0.4 is 0 Å². The average Bonchev–Trinajstić information content (AvgIpc) is 1.05. The fraction of sp³-hybridized carbons (Fsp3) is 0.949. The molecule has 0 rings (SSSR count). The molecule has 0 aliphatic rings. The van der Waals surface area contributed by atoms with E-state index in [0.29, 0.717) is 25.7 Å². The second-order valence-corrected chi connectivity index (χ2v) is 31.8. The van der Waals surface area contributed by atoms with E-state index in [0.717, 1.165) is 109 Å². The van der Waals surface area contributed by atoms with E-state index in [1.807, 2.05) is 0 Å². The summed E-state index contributed by atoms with van der Waals surface area (Å²) in [6.45, 7) is 7.31. The molecule has 5 atom stereocenters. The molecule has 0 aromatic heterocycles. The van der Waals surface area contributed by atoms with Crippen molar-refractivity contribution in [3.8, 4) is 0 Å². The third-order valence-corrected chi connectivity index (χ3v) is 20.4. The molecule has 0 aromatic rings. The lowest BCUT2D eigenvalue weighted by molar-refractivity contribution is -0.161. The number of esters is 4. The summed E-state index contributed by atoms with van der Waals surface area (Å²) in [5.74, 6) is -1.31. The van der Waals surface area contributed by atoms with Crippen molar-refractivity contribution in [1.82, 2.24) is 0 Å². The first kappa shape index (κ1) is 96.1. The van der Waals surface area contributed by atoms with E-state index in [-0.39, 0.29) is 25.7 Å². The van der Waals surface area contributed by atoms with E-state index in [1.54, 1.807) is 0 Å². The Morgan fingerprint density at radius 1 is 0.276 bits per heavy atom. The molecule has 0 amide bonds. The van der Waals surface area contributed by atoms with Crippen LogP contribution in [-0.2, 0) is 65.4 Å². The van der Waals surface area contributed by atoms with Crippen molar-refractivity contribution in [2.75, 3.05) is 39.6 Å². The van der Waals surface area contributed by atoms with Gasteiger partial charge in [-0.25, -0.2) is 9.13 Å². The Labute approximate surface area is 600 Å². The molecule has 19 heteroatoms. The second kappa shape index (κ2) is 72.0. The number of phosphoric acid groups is 2. The zero-order valence-corrected chi connectivity index (χ0v) is 65.7. The smallest absolute Gasteiger partial charge is 0.462 e. The summed E-state index contributed by atoms with van der Waals surface area (Å²) in [5, 5.41) is 10.6. The number of unbranched alkanes of at least 4 members (excludes halogenated alkanes) is 51. The SMILES string of the molecule is CCCCCCCCCCCCCCCCCCCC(=O)OC[C@H](COP(=O)(O)OC[C@@H](O)COP(=O)(O)OC[C@@H](COC(=O)CCCCCCCCC)OC(=O)CCCCCCCCCCCCCCCCCC)OC(=O)CCCCCCCCCCCCCCCCCC(C)C. The molecule has 17 nitrogen and oxygen atoms in total. The summed E-state index contributed by atoms with van der Waals surface area (Å²) >= 11 is 0. The summed E-state index contributed by atoms with van der Waals surface area (Å²) in [6, 6.07) is 0. The highest BCUT2D eigenvalue weighted by atomic mass is 31.2. The minimum absolute atomic E-state index is 0.108. The summed E-state index contributed by atoms with van der Waals surface area (Å²) < 4.78 is 68.6. The van der Waals surface area contributed by atoms with Crippen LogP contribution >= 0.6 is 15.6 Å². The minimum atomic E-state index is -4.96. The number of phosphoric ester groups is 2. The number of hydrogen-bond acceptors (Lipinski definition) is 15. The van der Waals surface area contributed by atoms with E-state index in [2.05, 4.69) is 34.6 Å². The molecule has 0 bridgehead atoms. The van der Waals surface area contributed by atoms with Crippen LogP contribution in [0, 0.1) is 5.92 Å². The lowest BCUT2D eigenvalue weighted by Gasteiger charge is -2.21. The van der Waals surface area contributed by atoms with Crippen molar-refractivity contribution >= 4 is 39.5 Å². The number of hydrogen-bond donors (Lipinski definition) is 3. The lowest BCUT2D eigenvalue weighted by atomic mass is 10.0. The Kier molecular flexibility index (Phi) is 70.6. The first-order valence-corrected chi connectivity index (χ1v) is 44.1. The molecular weight excluding hydrogens is 1280 g/mol. The molecule has 0 aromatic carbocycles. The molecule has 0 spiro atoms. The van der Waals surface area contributed by atoms with E-state index >= 15 is 0 Å². The standard InChI is InChI=1S/C79H154O17P2/c1-6-9-12-15-18-20-22-24-26-28-32-35-39-43-48-53-58-63-77(82)90-69-75(96-79(84)65-60-55-50-45-41-37-33-29-30-34-38-42-47-51-56-61-72(4)5)71-94-98(87,88)92-67-73(80)66-91-97(85,86)93-70-74(68-89-76(81)62-57-52-46-17-14-11-8-3)95-78(83)64-59-54-49-44-40-36-31-27-25-23-21-19-16-13-10-7-2/h72-75,80H,6-71H2,1-5H3,(H,85,86)(H,87,88)/t73-,74+,75+/m0/s1. The van der Waals surface area contributed by atoms with Crippen LogP contribution in [0.3, 0.4) is 0 Å². The summed E-state index contributed by atoms with van der Waals surface area (Å²) in [4.78, 5) is 72.8. The maximum Gasteiger partial charge on any atom is 0.472 e. The van der Waals surface area contributed by atoms with Gasteiger partial charge in [0.1, 0.15) is 19.3 Å². The van der Waals surface area contributed by atoms with Gasteiger partial charge < -0.3 is 33.8 Å². The van der Waals surface area contributed by atoms with Gasteiger partial charge in [-0.15, -0.1) is 0 Å². The Morgan fingerprint density at radius 2 is 0.469 bits per heavy atom. The van der Waals surface area contributed by atoms with E-state index in [1.165, 1.54) is 231 Å².